The number of rotatable bonds is 6. The number of aliphatic hydroxyl groups excluding tert-OH is 1. The number of benzene rings is 1. The largest absolute Gasteiger partial charge is 0.493 e. The van der Waals surface area contributed by atoms with Crippen LogP contribution < -0.4 is 19.5 Å². The van der Waals surface area contributed by atoms with Gasteiger partial charge in [-0.15, -0.1) is 0 Å². The first-order chi connectivity index (χ1) is 9.65. The quantitative estimate of drug-likeness (QED) is 0.829. The molecule has 20 heavy (non-hydrogen) atoms. The Labute approximate surface area is 119 Å². The lowest BCUT2D eigenvalue weighted by Gasteiger charge is -2.23. The summed E-state index contributed by atoms with van der Waals surface area (Å²) >= 11 is 0. The summed E-state index contributed by atoms with van der Waals surface area (Å²) in [5, 5.41) is 12.7. The first-order valence-corrected chi connectivity index (χ1v) is 6.96. The molecule has 1 atom stereocenters. The Hall–Kier alpha value is -1.46. The maximum absolute atomic E-state index is 9.34. The summed E-state index contributed by atoms with van der Waals surface area (Å²) < 4.78 is 16.5. The van der Waals surface area contributed by atoms with Gasteiger partial charge in [-0.1, -0.05) is 13.8 Å². The fourth-order valence-electron chi connectivity index (χ4n) is 2.19. The van der Waals surface area contributed by atoms with Crippen molar-refractivity contribution in [2.75, 3.05) is 26.9 Å². The third-order valence-corrected chi connectivity index (χ3v) is 3.46. The van der Waals surface area contributed by atoms with Crippen LogP contribution in [0.3, 0.4) is 0 Å². The molecular formula is C15H23NO4. The van der Waals surface area contributed by atoms with Crippen LogP contribution in [0.25, 0.3) is 0 Å². The van der Waals surface area contributed by atoms with Gasteiger partial charge in [0.25, 0.3) is 0 Å². The summed E-state index contributed by atoms with van der Waals surface area (Å²) in [5.74, 6) is 2.45. The number of hydrogen-bond acceptors (Lipinski definition) is 5. The van der Waals surface area contributed by atoms with Crippen molar-refractivity contribution < 1.29 is 19.3 Å². The maximum Gasteiger partial charge on any atom is 0.203 e. The normalized spacial score (nSPS) is 15.2. The van der Waals surface area contributed by atoms with Crippen LogP contribution in [0, 0.1) is 5.92 Å². The van der Waals surface area contributed by atoms with Gasteiger partial charge in [0.1, 0.15) is 13.2 Å². The number of ether oxygens (including phenoxy) is 3. The van der Waals surface area contributed by atoms with Crippen molar-refractivity contribution in [3.63, 3.8) is 0 Å². The fraction of sp³-hybridized carbons (Fsp3) is 0.600. The lowest BCUT2D eigenvalue weighted by molar-refractivity contribution is 0.164. The van der Waals surface area contributed by atoms with E-state index in [1.165, 1.54) is 0 Å². The lowest BCUT2D eigenvalue weighted by Crippen LogP contribution is -2.36. The van der Waals surface area contributed by atoms with E-state index in [9.17, 15) is 5.11 Å². The average Bonchev–Trinajstić information content (AvgIpc) is 2.46. The van der Waals surface area contributed by atoms with Gasteiger partial charge in [0.05, 0.1) is 13.7 Å². The molecule has 0 aromatic heterocycles. The Morgan fingerprint density at radius 3 is 2.70 bits per heavy atom. The van der Waals surface area contributed by atoms with Crippen molar-refractivity contribution in [2.45, 2.75) is 26.4 Å². The predicted octanol–water partition coefficient (Wildman–Crippen LogP) is 1.57. The van der Waals surface area contributed by atoms with E-state index < -0.39 is 0 Å². The van der Waals surface area contributed by atoms with Crippen LogP contribution >= 0.6 is 0 Å². The van der Waals surface area contributed by atoms with E-state index >= 15 is 0 Å². The molecule has 0 fully saturated rings. The van der Waals surface area contributed by atoms with E-state index in [1.807, 2.05) is 12.1 Å². The molecule has 112 valence electrons. The van der Waals surface area contributed by atoms with E-state index in [-0.39, 0.29) is 12.6 Å². The summed E-state index contributed by atoms with van der Waals surface area (Å²) in [4.78, 5) is 0. The Morgan fingerprint density at radius 2 is 2.05 bits per heavy atom. The summed E-state index contributed by atoms with van der Waals surface area (Å²) in [6, 6.07) is 3.97. The monoisotopic (exact) mass is 281 g/mol. The van der Waals surface area contributed by atoms with Gasteiger partial charge in [0.2, 0.25) is 5.75 Å². The second kappa shape index (κ2) is 6.81. The zero-order valence-electron chi connectivity index (χ0n) is 12.3. The SMILES string of the molecule is COc1cc(CN[C@H](CO)C(C)C)cc2c1OCCO2. The molecule has 1 aliphatic rings. The highest BCUT2D eigenvalue weighted by atomic mass is 16.6. The smallest absolute Gasteiger partial charge is 0.203 e. The molecule has 5 heteroatoms. The van der Waals surface area contributed by atoms with Gasteiger partial charge in [0, 0.05) is 12.6 Å². The van der Waals surface area contributed by atoms with Gasteiger partial charge < -0.3 is 24.6 Å². The van der Waals surface area contributed by atoms with E-state index in [1.54, 1.807) is 7.11 Å². The van der Waals surface area contributed by atoms with E-state index in [0.717, 1.165) is 11.3 Å². The molecule has 0 bridgehead atoms. The van der Waals surface area contributed by atoms with Gasteiger partial charge in [-0.05, 0) is 23.6 Å². The minimum absolute atomic E-state index is 0.0780. The van der Waals surface area contributed by atoms with Crippen molar-refractivity contribution in [1.82, 2.24) is 5.32 Å². The molecule has 5 nitrogen and oxygen atoms in total. The fourth-order valence-corrected chi connectivity index (χ4v) is 2.19. The first-order valence-electron chi connectivity index (χ1n) is 6.96. The highest BCUT2D eigenvalue weighted by Gasteiger charge is 2.19. The number of hydrogen-bond donors (Lipinski definition) is 2. The minimum atomic E-state index is 0.0780. The van der Waals surface area contributed by atoms with Crippen molar-refractivity contribution in [3.8, 4) is 17.2 Å². The number of fused-ring (bicyclic) bond motifs is 1. The zero-order chi connectivity index (χ0) is 14.5. The Kier molecular flexibility index (Phi) is 5.09. The Balaban J connectivity index is 2.12. The summed E-state index contributed by atoms with van der Waals surface area (Å²) in [5.41, 5.74) is 1.05. The highest BCUT2D eigenvalue weighted by molar-refractivity contribution is 5.54. The predicted molar refractivity (Wildman–Crippen MR) is 76.5 cm³/mol. The zero-order valence-corrected chi connectivity index (χ0v) is 12.3. The van der Waals surface area contributed by atoms with Gasteiger partial charge in [-0.25, -0.2) is 0 Å². The number of aliphatic hydroxyl groups is 1. The van der Waals surface area contributed by atoms with Crippen LogP contribution in [0.15, 0.2) is 12.1 Å². The first kappa shape index (κ1) is 14.9. The topological polar surface area (TPSA) is 60.0 Å². The summed E-state index contributed by atoms with van der Waals surface area (Å²) in [6.45, 7) is 6.03. The molecule has 1 heterocycles. The van der Waals surface area contributed by atoms with Crippen molar-refractivity contribution >= 4 is 0 Å². The molecule has 1 aromatic rings. The van der Waals surface area contributed by atoms with Gasteiger partial charge >= 0.3 is 0 Å². The van der Waals surface area contributed by atoms with Crippen molar-refractivity contribution in [2.24, 2.45) is 5.92 Å². The summed E-state index contributed by atoms with van der Waals surface area (Å²) in [6.07, 6.45) is 0. The van der Waals surface area contributed by atoms with E-state index in [0.29, 0.717) is 37.2 Å². The second-order valence-corrected chi connectivity index (χ2v) is 5.24. The molecular weight excluding hydrogens is 258 g/mol. The highest BCUT2D eigenvalue weighted by Crippen LogP contribution is 2.40. The molecule has 0 spiro atoms. The standard InChI is InChI=1S/C15H23NO4/c1-10(2)12(9-17)16-8-11-6-13(18-3)15-14(7-11)19-4-5-20-15/h6-7,10,12,16-17H,4-5,8-9H2,1-3H3/t12-/m1/s1. The molecule has 0 unspecified atom stereocenters. The van der Waals surface area contributed by atoms with Gasteiger partial charge in [-0.3, -0.25) is 0 Å². The van der Waals surface area contributed by atoms with Crippen LogP contribution in [0.2, 0.25) is 0 Å². The minimum Gasteiger partial charge on any atom is -0.493 e. The number of methoxy groups -OCH3 is 1. The molecule has 0 saturated heterocycles. The Morgan fingerprint density at radius 1 is 1.30 bits per heavy atom. The maximum atomic E-state index is 9.34. The summed E-state index contributed by atoms with van der Waals surface area (Å²) in [7, 11) is 1.62. The van der Waals surface area contributed by atoms with Crippen molar-refractivity contribution in [1.29, 1.82) is 0 Å². The molecule has 2 N–H and O–H groups in total. The number of nitrogens with one attached hydrogen (secondary N) is 1. The molecule has 0 radical (unpaired) electrons. The molecule has 0 saturated carbocycles. The molecule has 1 aliphatic heterocycles. The molecule has 2 rings (SSSR count). The van der Waals surface area contributed by atoms with Crippen LogP contribution in [0.4, 0.5) is 0 Å². The van der Waals surface area contributed by atoms with Crippen LogP contribution in [0.1, 0.15) is 19.4 Å². The lowest BCUT2D eigenvalue weighted by atomic mass is 10.0. The third-order valence-electron chi connectivity index (χ3n) is 3.46. The average molecular weight is 281 g/mol. The molecule has 0 aliphatic carbocycles. The van der Waals surface area contributed by atoms with Crippen LogP contribution in [0.5, 0.6) is 17.2 Å². The molecule has 1 aromatic carbocycles. The second-order valence-electron chi connectivity index (χ2n) is 5.24. The molecule has 0 amide bonds. The van der Waals surface area contributed by atoms with E-state index in [2.05, 4.69) is 19.2 Å². The van der Waals surface area contributed by atoms with Crippen LogP contribution in [-0.2, 0) is 6.54 Å². The van der Waals surface area contributed by atoms with Crippen molar-refractivity contribution in [3.05, 3.63) is 17.7 Å². The Bertz CT molecular complexity index is 430. The van der Waals surface area contributed by atoms with E-state index in [4.69, 9.17) is 14.2 Å². The van der Waals surface area contributed by atoms with Crippen LogP contribution in [-0.4, -0.2) is 38.1 Å². The van der Waals surface area contributed by atoms with Gasteiger partial charge in [-0.2, -0.15) is 0 Å². The third kappa shape index (κ3) is 3.35. The van der Waals surface area contributed by atoms with Gasteiger partial charge in [0.15, 0.2) is 11.5 Å².